The molecule has 0 amide bonds. The molecule has 0 aliphatic carbocycles. The van der Waals surface area contributed by atoms with Gasteiger partial charge in [-0.2, -0.15) is 0 Å². The molecule has 0 atom stereocenters. The smallest absolute Gasteiger partial charge is 0.169 e. The molecule has 33 heavy (non-hydrogen) atoms. The summed E-state index contributed by atoms with van der Waals surface area (Å²) in [6.07, 6.45) is 2.94. The lowest BCUT2D eigenvalue weighted by Crippen LogP contribution is -2.25. The lowest BCUT2D eigenvalue weighted by molar-refractivity contribution is 0.112. The molecule has 2 aromatic heterocycles. The van der Waals surface area contributed by atoms with Gasteiger partial charge in [-0.3, -0.25) is 4.79 Å². The minimum absolute atomic E-state index is 0.515. The molecule has 0 bridgehead atoms. The van der Waals surface area contributed by atoms with Crippen molar-refractivity contribution in [2.75, 3.05) is 11.4 Å². The lowest BCUT2D eigenvalue weighted by Gasteiger charge is -2.29. The highest BCUT2D eigenvalue weighted by molar-refractivity contribution is 5.94. The second-order valence-corrected chi connectivity index (χ2v) is 8.23. The zero-order valence-corrected chi connectivity index (χ0v) is 18.1. The SMILES string of the molecule is O=Cc1c(N2CCCc3ccccc32)nn2c(-c3ccccc3)cc(-c3ccccc3)nc12. The molecule has 0 N–H and O–H groups in total. The fraction of sp³-hybridized carbons (Fsp3) is 0.107. The predicted molar refractivity (Wildman–Crippen MR) is 131 cm³/mol. The van der Waals surface area contributed by atoms with Gasteiger partial charge in [0.25, 0.3) is 0 Å². The Labute approximate surface area is 192 Å². The molecule has 1 aliphatic rings. The van der Waals surface area contributed by atoms with E-state index in [1.54, 1.807) is 0 Å². The summed E-state index contributed by atoms with van der Waals surface area (Å²) in [7, 11) is 0. The summed E-state index contributed by atoms with van der Waals surface area (Å²) >= 11 is 0. The van der Waals surface area contributed by atoms with Gasteiger partial charge in [0, 0.05) is 23.4 Å². The van der Waals surface area contributed by atoms with Crippen molar-refractivity contribution in [2.24, 2.45) is 0 Å². The van der Waals surface area contributed by atoms with Gasteiger partial charge in [-0.05, 0) is 30.5 Å². The zero-order valence-electron chi connectivity index (χ0n) is 18.1. The molecule has 0 saturated carbocycles. The standard InChI is InChI=1S/C28H22N4O/c33-19-23-27-29-24(20-10-3-1-4-11-20)18-26(22-12-5-2-6-13-22)32(27)30-28(23)31-17-9-15-21-14-7-8-16-25(21)31/h1-8,10-14,16,18-19H,9,15,17H2. The van der Waals surface area contributed by atoms with Crippen LogP contribution in [0.4, 0.5) is 11.5 Å². The molecule has 5 nitrogen and oxygen atoms in total. The minimum Gasteiger partial charge on any atom is -0.324 e. The number of anilines is 2. The van der Waals surface area contributed by atoms with E-state index in [0.717, 1.165) is 53.9 Å². The number of para-hydroxylation sites is 1. The van der Waals surface area contributed by atoms with E-state index in [1.165, 1.54) is 5.56 Å². The first-order chi connectivity index (χ1) is 16.3. The second-order valence-electron chi connectivity index (χ2n) is 8.23. The van der Waals surface area contributed by atoms with Crippen molar-refractivity contribution >= 4 is 23.4 Å². The van der Waals surface area contributed by atoms with Crippen molar-refractivity contribution in [1.82, 2.24) is 14.6 Å². The van der Waals surface area contributed by atoms with Crippen LogP contribution >= 0.6 is 0 Å². The van der Waals surface area contributed by atoms with Crippen molar-refractivity contribution in [3.8, 4) is 22.5 Å². The molecular formula is C28H22N4O. The Morgan fingerprint density at radius 3 is 2.27 bits per heavy atom. The predicted octanol–water partition coefficient (Wildman–Crippen LogP) is 5.96. The first-order valence-corrected chi connectivity index (χ1v) is 11.2. The third-order valence-electron chi connectivity index (χ3n) is 6.23. The molecule has 5 heteroatoms. The molecule has 0 saturated heterocycles. The van der Waals surface area contributed by atoms with Gasteiger partial charge in [-0.1, -0.05) is 78.9 Å². The average molecular weight is 431 g/mol. The molecule has 0 spiro atoms. The quantitative estimate of drug-likeness (QED) is 0.330. The van der Waals surface area contributed by atoms with Crippen molar-refractivity contribution in [3.05, 3.63) is 102 Å². The number of hydrogen-bond donors (Lipinski definition) is 0. The first kappa shape index (κ1) is 19.4. The van der Waals surface area contributed by atoms with Gasteiger partial charge in [-0.15, -0.1) is 5.10 Å². The lowest BCUT2D eigenvalue weighted by atomic mass is 10.0. The highest BCUT2D eigenvalue weighted by Crippen LogP contribution is 2.37. The molecule has 0 unspecified atom stereocenters. The molecular weight excluding hydrogens is 408 g/mol. The summed E-state index contributed by atoms with van der Waals surface area (Å²) in [4.78, 5) is 19.5. The van der Waals surface area contributed by atoms with Crippen LogP contribution < -0.4 is 4.90 Å². The number of benzene rings is 3. The second kappa shape index (κ2) is 8.02. The van der Waals surface area contributed by atoms with Crippen molar-refractivity contribution in [1.29, 1.82) is 0 Å². The number of aryl methyl sites for hydroxylation is 1. The van der Waals surface area contributed by atoms with Crippen LogP contribution in [0.15, 0.2) is 91.0 Å². The summed E-state index contributed by atoms with van der Waals surface area (Å²) in [6.45, 7) is 0.813. The molecule has 6 rings (SSSR count). The number of carbonyl (C=O) groups excluding carboxylic acids is 1. The Kier molecular flexibility index (Phi) is 4.73. The maximum absolute atomic E-state index is 12.4. The van der Waals surface area contributed by atoms with Gasteiger partial charge >= 0.3 is 0 Å². The summed E-state index contributed by atoms with van der Waals surface area (Å²) in [5.74, 6) is 0.659. The van der Waals surface area contributed by atoms with Crippen molar-refractivity contribution in [3.63, 3.8) is 0 Å². The monoisotopic (exact) mass is 430 g/mol. The molecule has 0 radical (unpaired) electrons. The van der Waals surface area contributed by atoms with Gasteiger partial charge in [0.15, 0.2) is 17.8 Å². The highest BCUT2D eigenvalue weighted by Gasteiger charge is 2.26. The van der Waals surface area contributed by atoms with Crippen LogP contribution in [0.2, 0.25) is 0 Å². The molecule has 3 heterocycles. The van der Waals surface area contributed by atoms with E-state index in [4.69, 9.17) is 10.1 Å². The first-order valence-electron chi connectivity index (χ1n) is 11.2. The third-order valence-corrected chi connectivity index (χ3v) is 6.23. The Bertz CT molecular complexity index is 1460. The van der Waals surface area contributed by atoms with Crippen molar-refractivity contribution in [2.45, 2.75) is 12.8 Å². The zero-order chi connectivity index (χ0) is 22.2. The molecule has 1 aliphatic heterocycles. The Morgan fingerprint density at radius 2 is 1.52 bits per heavy atom. The summed E-state index contributed by atoms with van der Waals surface area (Å²) in [5.41, 5.74) is 7.21. The topological polar surface area (TPSA) is 50.5 Å². The Morgan fingerprint density at radius 1 is 0.818 bits per heavy atom. The highest BCUT2D eigenvalue weighted by atomic mass is 16.1. The van der Waals surface area contributed by atoms with E-state index in [-0.39, 0.29) is 0 Å². The number of carbonyl (C=O) groups is 1. The van der Waals surface area contributed by atoms with Crippen molar-refractivity contribution < 1.29 is 4.79 Å². The number of hydrogen-bond acceptors (Lipinski definition) is 4. The Balaban J connectivity index is 1.64. The number of aldehydes is 1. The fourth-order valence-electron chi connectivity index (χ4n) is 4.65. The summed E-state index contributed by atoms with van der Waals surface area (Å²) in [5, 5.41) is 4.97. The number of aromatic nitrogens is 3. The maximum atomic E-state index is 12.4. The van der Waals surface area contributed by atoms with Crippen LogP contribution in [0.1, 0.15) is 22.3 Å². The van der Waals surface area contributed by atoms with Gasteiger partial charge in [-0.25, -0.2) is 9.50 Å². The number of fused-ring (bicyclic) bond motifs is 2. The fourth-order valence-corrected chi connectivity index (χ4v) is 4.65. The number of nitrogens with zero attached hydrogens (tertiary/aromatic N) is 4. The maximum Gasteiger partial charge on any atom is 0.169 e. The van der Waals surface area contributed by atoms with Crippen LogP contribution in [-0.2, 0) is 6.42 Å². The van der Waals surface area contributed by atoms with Crippen LogP contribution in [-0.4, -0.2) is 27.4 Å². The molecule has 160 valence electrons. The Hall–Kier alpha value is -4.25. The van der Waals surface area contributed by atoms with Gasteiger partial charge in [0.1, 0.15) is 5.56 Å². The van der Waals surface area contributed by atoms with E-state index in [1.807, 2.05) is 65.2 Å². The van der Waals surface area contributed by atoms with Gasteiger partial charge in [0.05, 0.1) is 11.4 Å². The largest absolute Gasteiger partial charge is 0.324 e. The summed E-state index contributed by atoms with van der Waals surface area (Å²) < 4.78 is 1.82. The van der Waals surface area contributed by atoms with Crippen LogP contribution in [0, 0.1) is 0 Å². The molecule has 0 fully saturated rings. The third kappa shape index (κ3) is 3.29. The van der Waals surface area contributed by atoms with E-state index >= 15 is 0 Å². The van der Waals surface area contributed by atoms with Gasteiger partial charge in [0.2, 0.25) is 0 Å². The van der Waals surface area contributed by atoms with Crippen LogP contribution in [0.5, 0.6) is 0 Å². The van der Waals surface area contributed by atoms with Crippen LogP contribution in [0.3, 0.4) is 0 Å². The van der Waals surface area contributed by atoms with Crippen LogP contribution in [0.25, 0.3) is 28.2 Å². The van der Waals surface area contributed by atoms with E-state index in [0.29, 0.717) is 17.0 Å². The minimum atomic E-state index is 0.515. The average Bonchev–Trinajstić information content (AvgIpc) is 3.27. The molecule has 5 aromatic rings. The van der Waals surface area contributed by atoms with E-state index < -0.39 is 0 Å². The van der Waals surface area contributed by atoms with E-state index in [9.17, 15) is 4.79 Å². The molecule has 3 aromatic carbocycles. The van der Waals surface area contributed by atoms with E-state index in [2.05, 4.69) is 35.2 Å². The normalized spacial score (nSPS) is 13.2. The number of rotatable bonds is 4. The summed E-state index contributed by atoms with van der Waals surface area (Å²) in [6, 6.07) is 30.6. The van der Waals surface area contributed by atoms with Gasteiger partial charge < -0.3 is 4.90 Å².